The van der Waals surface area contributed by atoms with Gasteiger partial charge in [-0.25, -0.2) is 4.68 Å². The fraction of sp³-hybridized carbons (Fsp3) is 0.478. The minimum absolute atomic E-state index is 0.0606. The quantitative estimate of drug-likeness (QED) is 0.738. The van der Waals surface area contributed by atoms with Gasteiger partial charge in [0, 0.05) is 52.3 Å². The Hall–Kier alpha value is -3.16. The number of amides is 2. The van der Waals surface area contributed by atoms with Gasteiger partial charge in [-0.05, 0) is 18.4 Å². The first-order chi connectivity index (χ1) is 15.0. The molecule has 0 radical (unpaired) electrons. The molecule has 3 heterocycles. The molecule has 1 aromatic carbocycles. The molecule has 0 spiro atoms. The molecule has 0 N–H and O–H groups in total. The molecular formula is C23H29N5O3. The summed E-state index contributed by atoms with van der Waals surface area (Å²) in [5.41, 5.74) is 1.65. The summed E-state index contributed by atoms with van der Waals surface area (Å²) < 4.78 is 1.46. The minimum atomic E-state index is -0.143. The van der Waals surface area contributed by atoms with Crippen molar-refractivity contribution in [2.75, 3.05) is 44.2 Å². The largest absolute Gasteiger partial charge is 0.369 e. The summed E-state index contributed by atoms with van der Waals surface area (Å²) in [6, 6.07) is 11.4. The Labute approximate surface area is 182 Å². The summed E-state index contributed by atoms with van der Waals surface area (Å²) in [5.74, 6) is 0.119. The van der Waals surface area contributed by atoms with Gasteiger partial charge in [-0.3, -0.25) is 14.4 Å². The summed E-state index contributed by atoms with van der Waals surface area (Å²) in [6.07, 6.45) is 3.47. The fourth-order valence-electron chi connectivity index (χ4n) is 4.39. The van der Waals surface area contributed by atoms with Gasteiger partial charge in [-0.1, -0.05) is 30.3 Å². The number of piperidine rings is 1. The van der Waals surface area contributed by atoms with E-state index >= 15 is 0 Å². The van der Waals surface area contributed by atoms with E-state index in [-0.39, 0.29) is 23.3 Å². The van der Waals surface area contributed by atoms with Crippen molar-refractivity contribution in [3.8, 4) is 0 Å². The molecule has 0 saturated carbocycles. The monoisotopic (exact) mass is 423 g/mol. The Morgan fingerprint density at radius 3 is 2.42 bits per heavy atom. The van der Waals surface area contributed by atoms with Crippen molar-refractivity contribution in [2.24, 2.45) is 5.92 Å². The highest BCUT2D eigenvalue weighted by molar-refractivity contribution is 5.80. The fourth-order valence-corrected chi connectivity index (χ4v) is 4.39. The Morgan fingerprint density at radius 2 is 1.74 bits per heavy atom. The first-order valence-electron chi connectivity index (χ1n) is 10.9. The second-order valence-electron chi connectivity index (χ2n) is 8.31. The van der Waals surface area contributed by atoms with Gasteiger partial charge >= 0.3 is 0 Å². The zero-order chi connectivity index (χ0) is 21.8. The lowest BCUT2D eigenvalue weighted by Crippen LogP contribution is -2.53. The van der Waals surface area contributed by atoms with Gasteiger partial charge in [-0.2, -0.15) is 5.10 Å². The van der Waals surface area contributed by atoms with Crippen molar-refractivity contribution >= 4 is 17.5 Å². The van der Waals surface area contributed by atoms with E-state index in [1.165, 1.54) is 4.68 Å². The third-order valence-corrected chi connectivity index (χ3v) is 6.20. The maximum atomic E-state index is 13.0. The van der Waals surface area contributed by atoms with E-state index in [1.54, 1.807) is 24.1 Å². The summed E-state index contributed by atoms with van der Waals surface area (Å²) in [4.78, 5) is 42.9. The van der Waals surface area contributed by atoms with E-state index in [2.05, 4.69) is 10.00 Å². The molecule has 2 amide bonds. The number of carbonyl (C=O) groups excluding carboxylic acids is 2. The third-order valence-electron chi connectivity index (χ3n) is 6.20. The first-order valence-corrected chi connectivity index (χ1v) is 10.9. The number of benzene rings is 1. The van der Waals surface area contributed by atoms with Crippen LogP contribution in [0, 0.1) is 5.92 Å². The van der Waals surface area contributed by atoms with Crippen molar-refractivity contribution in [3.05, 3.63) is 58.5 Å². The molecule has 31 heavy (non-hydrogen) atoms. The lowest BCUT2D eigenvalue weighted by atomic mass is 9.96. The van der Waals surface area contributed by atoms with Gasteiger partial charge in [0.1, 0.15) is 0 Å². The number of hydrogen-bond donors (Lipinski definition) is 0. The maximum absolute atomic E-state index is 13.0. The van der Waals surface area contributed by atoms with Crippen molar-refractivity contribution in [2.45, 2.75) is 26.3 Å². The summed E-state index contributed by atoms with van der Waals surface area (Å²) in [5, 5.41) is 4.36. The first kappa shape index (κ1) is 21.1. The molecule has 2 fully saturated rings. The molecule has 2 aromatic rings. The van der Waals surface area contributed by atoms with E-state index in [0.717, 1.165) is 30.6 Å². The lowest BCUT2D eigenvalue weighted by Gasteiger charge is -2.39. The number of rotatable bonds is 4. The van der Waals surface area contributed by atoms with Crippen LogP contribution in [0.1, 0.15) is 25.3 Å². The van der Waals surface area contributed by atoms with Crippen LogP contribution in [-0.4, -0.2) is 70.7 Å². The van der Waals surface area contributed by atoms with Crippen LogP contribution in [0.3, 0.4) is 0 Å². The Balaban J connectivity index is 1.39. The standard InChI is InChI=1S/C23H29N5O3/c1-18(29)25-10-12-26(13-11-25)23(31)20-8-5-9-27(17-20)21-14-22(30)28(24-15-21)16-19-6-3-2-4-7-19/h2-4,6-7,14-15,20H,5,8-13,16-17H2,1H3/t20-/m0/s1. The van der Waals surface area contributed by atoms with E-state index < -0.39 is 0 Å². The molecule has 0 unspecified atom stereocenters. The molecule has 164 valence electrons. The maximum Gasteiger partial charge on any atom is 0.269 e. The number of piperazine rings is 1. The summed E-state index contributed by atoms with van der Waals surface area (Å²) in [6.45, 7) is 5.78. The van der Waals surface area contributed by atoms with Crippen LogP contribution >= 0.6 is 0 Å². The van der Waals surface area contributed by atoms with Crippen LogP contribution in [0.25, 0.3) is 0 Å². The van der Waals surface area contributed by atoms with E-state index in [4.69, 9.17) is 0 Å². The zero-order valence-corrected chi connectivity index (χ0v) is 17.9. The highest BCUT2D eigenvalue weighted by Gasteiger charge is 2.31. The van der Waals surface area contributed by atoms with Crippen LogP contribution in [0.5, 0.6) is 0 Å². The summed E-state index contributed by atoms with van der Waals surface area (Å²) in [7, 11) is 0. The topological polar surface area (TPSA) is 78.8 Å². The van der Waals surface area contributed by atoms with Crippen molar-refractivity contribution in [1.82, 2.24) is 19.6 Å². The smallest absolute Gasteiger partial charge is 0.269 e. The normalized spacial score (nSPS) is 19.4. The second-order valence-corrected chi connectivity index (χ2v) is 8.31. The third kappa shape index (κ3) is 4.95. The average Bonchev–Trinajstić information content (AvgIpc) is 2.81. The zero-order valence-electron chi connectivity index (χ0n) is 17.9. The van der Waals surface area contributed by atoms with Crippen LogP contribution in [0.4, 0.5) is 5.69 Å². The van der Waals surface area contributed by atoms with Crippen molar-refractivity contribution < 1.29 is 9.59 Å². The van der Waals surface area contributed by atoms with E-state index in [1.807, 2.05) is 35.2 Å². The molecule has 8 nitrogen and oxygen atoms in total. The lowest BCUT2D eigenvalue weighted by molar-refractivity contribution is -0.141. The highest BCUT2D eigenvalue weighted by Crippen LogP contribution is 2.24. The number of aromatic nitrogens is 2. The SMILES string of the molecule is CC(=O)N1CCN(C(=O)[C@H]2CCCN(c3cnn(Cc4ccccc4)c(=O)c3)C2)CC1. The van der Waals surface area contributed by atoms with Gasteiger partial charge < -0.3 is 14.7 Å². The van der Waals surface area contributed by atoms with Crippen LogP contribution in [-0.2, 0) is 16.1 Å². The highest BCUT2D eigenvalue weighted by atomic mass is 16.2. The molecule has 0 bridgehead atoms. The number of nitrogens with zero attached hydrogens (tertiary/aromatic N) is 5. The Kier molecular flexibility index (Phi) is 6.34. The molecule has 1 atom stereocenters. The van der Waals surface area contributed by atoms with Gasteiger partial charge in [0.15, 0.2) is 0 Å². The van der Waals surface area contributed by atoms with Crippen molar-refractivity contribution in [3.63, 3.8) is 0 Å². The molecule has 2 aliphatic heterocycles. The minimum Gasteiger partial charge on any atom is -0.369 e. The molecule has 1 aromatic heterocycles. The van der Waals surface area contributed by atoms with Crippen LogP contribution < -0.4 is 10.5 Å². The van der Waals surface area contributed by atoms with Gasteiger partial charge in [-0.15, -0.1) is 0 Å². The molecule has 4 rings (SSSR count). The van der Waals surface area contributed by atoms with E-state index in [9.17, 15) is 14.4 Å². The van der Waals surface area contributed by atoms with Gasteiger partial charge in [0.25, 0.3) is 5.56 Å². The van der Waals surface area contributed by atoms with E-state index in [0.29, 0.717) is 39.3 Å². The van der Waals surface area contributed by atoms with Crippen LogP contribution in [0.2, 0.25) is 0 Å². The van der Waals surface area contributed by atoms with Crippen molar-refractivity contribution in [1.29, 1.82) is 0 Å². The molecule has 2 aliphatic rings. The molecule has 8 heteroatoms. The second kappa shape index (κ2) is 9.32. The number of carbonyl (C=O) groups is 2. The predicted molar refractivity (Wildman–Crippen MR) is 118 cm³/mol. The Bertz CT molecular complexity index is 982. The number of hydrogen-bond acceptors (Lipinski definition) is 5. The predicted octanol–water partition coefficient (Wildman–Crippen LogP) is 1.20. The van der Waals surface area contributed by atoms with Gasteiger partial charge in [0.2, 0.25) is 11.8 Å². The van der Waals surface area contributed by atoms with Crippen LogP contribution in [0.15, 0.2) is 47.4 Å². The molecule has 0 aliphatic carbocycles. The van der Waals surface area contributed by atoms with Gasteiger partial charge in [0.05, 0.1) is 24.3 Å². The molecule has 2 saturated heterocycles. The Morgan fingerprint density at radius 1 is 1.03 bits per heavy atom. The number of anilines is 1. The summed E-state index contributed by atoms with van der Waals surface area (Å²) >= 11 is 0. The molecular weight excluding hydrogens is 394 g/mol. The average molecular weight is 424 g/mol.